The summed E-state index contributed by atoms with van der Waals surface area (Å²) >= 11 is 0. The Morgan fingerprint density at radius 3 is 2.67 bits per heavy atom. The van der Waals surface area contributed by atoms with Gasteiger partial charge in [0.2, 0.25) is 6.29 Å². The van der Waals surface area contributed by atoms with E-state index in [-0.39, 0.29) is 11.5 Å². The molecule has 0 saturated heterocycles. The van der Waals surface area contributed by atoms with Gasteiger partial charge in [-0.2, -0.15) is 0 Å². The summed E-state index contributed by atoms with van der Waals surface area (Å²) in [7, 11) is 0. The maximum atomic E-state index is 9.81. The van der Waals surface area contributed by atoms with Gasteiger partial charge in [0.15, 0.2) is 0 Å². The molecule has 3 nitrogen and oxygen atoms in total. The minimum atomic E-state index is -0.0681. The van der Waals surface area contributed by atoms with E-state index in [9.17, 15) is 9.90 Å². The van der Waals surface area contributed by atoms with Crippen LogP contribution in [0.4, 0.5) is 0 Å². The van der Waals surface area contributed by atoms with Crippen LogP contribution < -0.4 is 0 Å². The molecule has 1 radical (unpaired) electrons. The molecular weight excluding hydrogens is 156 g/mol. The van der Waals surface area contributed by atoms with Crippen molar-refractivity contribution in [2.75, 3.05) is 0 Å². The molecular formula is C9H7O3. The number of hydrogen-bond acceptors (Lipinski definition) is 3. The van der Waals surface area contributed by atoms with Crippen molar-refractivity contribution < 1.29 is 15.0 Å². The lowest BCUT2D eigenvalue weighted by Crippen LogP contribution is -1.74. The molecule has 0 atom stereocenters. The van der Waals surface area contributed by atoms with Crippen molar-refractivity contribution in [1.29, 1.82) is 0 Å². The van der Waals surface area contributed by atoms with Crippen LogP contribution in [0.3, 0.4) is 0 Å². The Balaban J connectivity index is 3.01. The molecule has 2 N–H and O–H groups in total. The highest BCUT2D eigenvalue weighted by atomic mass is 16.3. The van der Waals surface area contributed by atoms with E-state index in [1.165, 1.54) is 24.3 Å². The van der Waals surface area contributed by atoms with Crippen LogP contribution in [0.1, 0.15) is 5.56 Å². The summed E-state index contributed by atoms with van der Waals surface area (Å²) in [6.07, 6.45) is 4.10. The topological polar surface area (TPSA) is 57.5 Å². The molecule has 0 heterocycles. The van der Waals surface area contributed by atoms with Crippen LogP contribution in [0.5, 0.6) is 11.5 Å². The van der Waals surface area contributed by atoms with Gasteiger partial charge in [0.05, 0.1) is 0 Å². The summed E-state index contributed by atoms with van der Waals surface area (Å²) < 4.78 is 0. The predicted molar refractivity (Wildman–Crippen MR) is 44.5 cm³/mol. The molecule has 0 aromatic heterocycles. The summed E-state index contributed by atoms with van der Waals surface area (Å²) in [5.74, 6) is -0.0822. The highest BCUT2D eigenvalue weighted by Crippen LogP contribution is 2.23. The summed E-state index contributed by atoms with van der Waals surface area (Å²) in [4.78, 5) is 9.81. The van der Waals surface area contributed by atoms with Gasteiger partial charge >= 0.3 is 0 Å². The van der Waals surface area contributed by atoms with Crippen LogP contribution in [0.2, 0.25) is 0 Å². The van der Waals surface area contributed by atoms with Gasteiger partial charge < -0.3 is 10.2 Å². The van der Waals surface area contributed by atoms with Crippen molar-refractivity contribution in [3.05, 3.63) is 29.8 Å². The van der Waals surface area contributed by atoms with E-state index in [0.717, 1.165) is 6.08 Å². The normalized spacial score (nSPS) is 10.3. The standard InChI is InChI=1S/C9H7O3/c10-5-1-2-7-3-4-8(11)6-9(7)12/h1-4,6,11-12H/b2-1+. The number of phenols is 2. The molecule has 0 bridgehead atoms. The van der Waals surface area contributed by atoms with Crippen molar-refractivity contribution in [1.82, 2.24) is 0 Å². The van der Waals surface area contributed by atoms with E-state index < -0.39 is 0 Å². The van der Waals surface area contributed by atoms with Gasteiger partial charge in [-0.1, -0.05) is 0 Å². The van der Waals surface area contributed by atoms with Crippen LogP contribution in [-0.2, 0) is 4.79 Å². The zero-order valence-electron chi connectivity index (χ0n) is 6.19. The number of hydrogen-bond donors (Lipinski definition) is 2. The second-order valence-corrected chi connectivity index (χ2v) is 2.19. The number of carbonyl (C=O) groups excluding carboxylic acids is 1. The SMILES string of the molecule is O=[C]/C=C/c1ccc(O)cc1O. The molecule has 0 spiro atoms. The van der Waals surface area contributed by atoms with E-state index in [1.807, 2.05) is 0 Å². The summed E-state index contributed by atoms with van der Waals surface area (Å²) in [6, 6.07) is 4.12. The Morgan fingerprint density at radius 2 is 2.08 bits per heavy atom. The fourth-order valence-corrected chi connectivity index (χ4v) is 0.797. The third-order valence-electron chi connectivity index (χ3n) is 1.34. The van der Waals surface area contributed by atoms with Crippen LogP contribution in [0.15, 0.2) is 24.3 Å². The number of phenolic OH excluding ortho intramolecular Hbond substituents is 2. The first-order chi connectivity index (χ1) is 5.74. The lowest BCUT2D eigenvalue weighted by molar-refractivity contribution is 0.450. The van der Waals surface area contributed by atoms with Crippen molar-refractivity contribution in [2.45, 2.75) is 0 Å². The Hall–Kier alpha value is -1.77. The Morgan fingerprint density at radius 1 is 1.33 bits per heavy atom. The van der Waals surface area contributed by atoms with Crippen LogP contribution in [0, 0.1) is 0 Å². The third-order valence-corrected chi connectivity index (χ3v) is 1.34. The smallest absolute Gasteiger partial charge is 0.225 e. The molecule has 12 heavy (non-hydrogen) atoms. The second-order valence-electron chi connectivity index (χ2n) is 2.19. The van der Waals surface area contributed by atoms with Crippen LogP contribution in [-0.4, -0.2) is 16.5 Å². The average Bonchev–Trinajstić information content (AvgIpc) is 2.03. The minimum Gasteiger partial charge on any atom is -0.508 e. The van der Waals surface area contributed by atoms with Crippen molar-refractivity contribution >= 4 is 12.4 Å². The third kappa shape index (κ3) is 1.85. The zero-order valence-corrected chi connectivity index (χ0v) is 6.19. The Bertz CT molecular complexity index is 316. The van der Waals surface area contributed by atoms with Gasteiger partial charge in [-0.15, -0.1) is 0 Å². The van der Waals surface area contributed by atoms with Crippen molar-refractivity contribution in [3.63, 3.8) is 0 Å². The fourth-order valence-electron chi connectivity index (χ4n) is 0.797. The largest absolute Gasteiger partial charge is 0.508 e. The number of rotatable bonds is 2. The van der Waals surface area contributed by atoms with Gasteiger partial charge in [-0.25, -0.2) is 0 Å². The molecule has 1 rings (SSSR count). The molecule has 0 amide bonds. The average molecular weight is 163 g/mol. The summed E-state index contributed by atoms with van der Waals surface area (Å²) in [5.41, 5.74) is 0.469. The van der Waals surface area contributed by atoms with Gasteiger partial charge in [-0.05, 0) is 24.3 Å². The summed E-state index contributed by atoms with van der Waals surface area (Å²) in [6.45, 7) is 0. The monoisotopic (exact) mass is 163 g/mol. The molecule has 61 valence electrons. The highest BCUT2D eigenvalue weighted by Gasteiger charge is 1.97. The van der Waals surface area contributed by atoms with E-state index in [4.69, 9.17) is 5.11 Å². The molecule has 0 aliphatic carbocycles. The van der Waals surface area contributed by atoms with Gasteiger partial charge in [0.25, 0.3) is 0 Å². The maximum absolute atomic E-state index is 9.81. The first kappa shape index (κ1) is 8.33. The van der Waals surface area contributed by atoms with Gasteiger partial charge in [0.1, 0.15) is 11.5 Å². The lowest BCUT2D eigenvalue weighted by Gasteiger charge is -1.97. The van der Waals surface area contributed by atoms with Crippen LogP contribution in [0.25, 0.3) is 6.08 Å². The number of aromatic hydroxyl groups is 2. The number of allylic oxidation sites excluding steroid dienone is 1. The lowest BCUT2D eigenvalue weighted by atomic mass is 10.2. The molecule has 1 aromatic rings. The highest BCUT2D eigenvalue weighted by molar-refractivity contribution is 5.75. The summed E-state index contributed by atoms with van der Waals surface area (Å²) in [5, 5.41) is 18.1. The second kappa shape index (κ2) is 3.57. The molecule has 0 aliphatic heterocycles. The Kier molecular flexibility index (Phi) is 2.48. The minimum absolute atomic E-state index is 0.0141. The van der Waals surface area contributed by atoms with E-state index in [0.29, 0.717) is 5.56 Å². The first-order valence-corrected chi connectivity index (χ1v) is 3.30. The van der Waals surface area contributed by atoms with E-state index in [1.54, 1.807) is 6.29 Å². The van der Waals surface area contributed by atoms with E-state index in [2.05, 4.69) is 0 Å². The molecule has 0 unspecified atom stereocenters. The molecule has 0 fully saturated rings. The predicted octanol–water partition coefficient (Wildman–Crippen LogP) is 1.22. The van der Waals surface area contributed by atoms with E-state index >= 15 is 0 Å². The van der Waals surface area contributed by atoms with Crippen LogP contribution >= 0.6 is 0 Å². The zero-order chi connectivity index (χ0) is 8.97. The van der Waals surface area contributed by atoms with Gasteiger partial charge in [-0.3, -0.25) is 4.79 Å². The fraction of sp³-hybridized carbons (Fsp3) is 0. The molecule has 1 aromatic carbocycles. The van der Waals surface area contributed by atoms with Gasteiger partial charge in [0, 0.05) is 11.6 Å². The molecule has 0 saturated carbocycles. The molecule has 0 aliphatic rings. The Labute approximate surface area is 69.6 Å². The first-order valence-electron chi connectivity index (χ1n) is 3.30. The quantitative estimate of drug-likeness (QED) is 0.644. The number of benzene rings is 1. The molecule has 3 heteroatoms. The van der Waals surface area contributed by atoms with Crippen molar-refractivity contribution in [2.24, 2.45) is 0 Å². The van der Waals surface area contributed by atoms with Crippen molar-refractivity contribution in [3.8, 4) is 11.5 Å². The maximum Gasteiger partial charge on any atom is 0.225 e.